The molecule has 0 heterocycles. The van der Waals surface area contributed by atoms with E-state index in [1.807, 2.05) is 12.1 Å². The van der Waals surface area contributed by atoms with E-state index >= 15 is 0 Å². The van der Waals surface area contributed by atoms with E-state index in [1.54, 1.807) is 0 Å². The maximum absolute atomic E-state index is 5.98. The minimum Gasteiger partial charge on any atom is -0.324 e. The van der Waals surface area contributed by atoms with Crippen molar-refractivity contribution >= 4 is 11.6 Å². The third-order valence-electron chi connectivity index (χ3n) is 2.24. The number of benzene rings is 1. The third-order valence-corrected chi connectivity index (χ3v) is 2.57. The van der Waals surface area contributed by atoms with Gasteiger partial charge < -0.3 is 5.73 Å². The zero-order valence-electron chi connectivity index (χ0n) is 6.18. The van der Waals surface area contributed by atoms with Crippen LogP contribution in [0.25, 0.3) is 0 Å². The van der Waals surface area contributed by atoms with Gasteiger partial charge >= 0.3 is 0 Å². The highest BCUT2D eigenvalue weighted by Gasteiger charge is 2.20. The Morgan fingerprint density at radius 1 is 1.45 bits per heavy atom. The first-order chi connectivity index (χ1) is 5.29. The summed E-state index contributed by atoms with van der Waals surface area (Å²) >= 11 is 5.98. The largest absolute Gasteiger partial charge is 0.324 e. The summed E-state index contributed by atoms with van der Waals surface area (Å²) in [7, 11) is 0. The van der Waals surface area contributed by atoms with Crippen LogP contribution in [0.2, 0.25) is 5.02 Å². The molecule has 0 amide bonds. The monoisotopic (exact) mass is 167 g/mol. The molecule has 58 valence electrons. The van der Waals surface area contributed by atoms with Crippen molar-refractivity contribution in [3.05, 3.63) is 34.3 Å². The standard InChI is InChI=1S/C9H10ClN/c10-7-3-1-2-6-4-5-8(11)9(6)7/h1-3,8H,4-5,11H2/t8-/m0/s1. The van der Waals surface area contributed by atoms with Crippen molar-refractivity contribution in [2.75, 3.05) is 0 Å². The SMILES string of the molecule is N[C@H]1CCc2cccc(Cl)c21. The molecule has 0 unspecified atom stereocenters. The van der Waals surface area contributed by atoms with Gasteiger partial charge in [0.25, 0.3) is 0 Å². The van der Waals surface area contributed by atoms with Crippen LogP contribution in [0.5, 0.6) is 0 Å². The van der Waals surface area contributed by atoms with Gasteiger partial charge in [-0.15, -0.1) is 0 Å². The number of hydrogen-bond acceptors (Lipinski definition) is 1. The number of hydrogen-bond donors (Lipinski definition) is 1. The van der Waals surface area contributed by atoms with Crippen LogP contribution in [0, 0.1) is 0 Å². The molecule has 0 radical (unpaired) electrons. The molecule has 0 fully saturated rings. The van der Waals surface area contributed by atoms with E-state index in [1.165, 1.54) is 5.56 Å². The Kier molecular flexibility index (Phi) is 1.63. The van der Waals surface area contributed by atoms with Gasteiger partial charge in [0, 0.05) is 11.1 Å². The third kappa shape index (κ3) is 1.05. The lowest BCUT2D eigenvalue weighted by molar-refractivity contribution is 0.713. The molecule has 1 nitrogen and oxygen atoms in total. The van der Waals surface area contributed by atoms with Crippen LogP contribution in [-0.2, 0) is 6.42 Å². The zero-order valence-corrected chi connectivity index (χ0v) is 6.93. The molecule has 2 heteroatoms. The van der Waals surface area contributed by atoms with Crippen molar-refractivity contribution in [2.45, 2.75) is 18.9 Å². The van der Waals surface area contributed by atoms with Crippen molar-refractivity contribution in [1.29, 1.82) is 0 Å². The fourth-order valence-corrected chi connectivity index (χ4v) is 2.00. The first kappa shape index (κ1) is 7.14. The van der Waals surface area contributed by atoms with E-state index in [2.05, 4.69) is 6.07 Å². The maximum Gasteiger partial charge on any atom is 0.0456 e. The number of halogens is 1. The molecule has 0 saturated carbocycles. The van der Waals surface area contributed by atoms with Gasteiger partial charge in [-0.2, -0.15) is 0 Å². The lowest BCUT2D eigenvalue weighted by Gasteiger charge is -2.05. The first-order valence-corrected chi connectivity index (χ1v) is 4.19. The molecular weight excluding hydrogens is 158 g/mol. The van der Waals surface area contributed by atoms with Crippen LogP contribution in [-0.4, -0.2) is 0 Å². The van der Waals surface area contributed by atoms with Gasteiger partial charge in [0.05, 0.1) is 0 Å². The van der Waals surface area contributed by atoms with Crippen LogP contribution in [0.15, 0.2) is 18.2 Å². The topological polar surface area (TPSA) is 26.0 Å². The van der Waals surface area contributed by atoms with Crippen LogP contribution in [0.1, 0.15) is 23.6 Å². The highest BCUT2D eigenvalue weighted by molar-refractivity contribution is 6.31. The van der Waals surface area contributed by atoms with Crippen LogP contribution < -0.4 is 5.73 Å². The number of nitrogens with two attached hydrogens (primary N) is 1. The quantitative estimate of drug-likeness (QED) is 0.631. The van der Waals surface area contributed by atoms with Crippen LogP contribution >= 0.6 is 11.6 Å². The molecule has 1 aromatic rings. The Hall–Kier alpha value is -0.530. The van der Waals surface area contributed by atoms with E-state index in [9.17, 15) is 0 Å². The lowest BCUT2D eigenvalue weighted by Crippen LogP contribution is -2.05. The molecule has 1 aliphatic carbocycles. The van der Waals surface area contributed by atoms with Gasteiger partial charge in [-0.25, -0.2) is 0 Å². The molecule has 1 atom stereocenters. The Bertz CT molecular complexity index is 283. The molecule has 2 N–H and O–H groups in total. The molecule has 0 aromatic heterocycles. The molecular formula is C9H10ClN. The predicted molar refractivity (Wildman–Crippen MR) is 46.7 cm³/mol. The Labute approximate surface area is 71.2 Å². The summed E-state index contributed by atoms with van der Waals surface area (Å²) in [4.78, 5) is 0. The highest BCUT2D eigenvalue weighted by Crippen LogP contribution is 2.34. The smallest absolute Gasteiger partial charge is 0.0456 e. The second-order valence-corrected chi connectivity index (χ2v) is 3.37. The van der Waals surface area contributed by atoms with E-state index < -0.39 is 0 Å². The number of aryl methyl sites for hydroxylation is 1. The fourth-order valence-electron chi connectivity index (χ4n) is 1.67. The summed E-state index contributed by atoms with van der Waals surface area (Å²) in [5.74, 6) is 0. The van der Waals surface area contributed by atoms with E-state index in [0.29, 0.717) is 0 Å². The van der Waals surface area contributed by atoms with Gasteiger partial charge in [0.15, 0.2) is 0 Å². The van der Waals surface area contributed by atoms with E-state index in [4.69, 9.17) is 17.3 Å². The first-order valence-electron chi connectivity index (χ1n) is 3.82. The van der Waals surface area contributed by atoms with Crippen molar-refractivity contribution < 1.29 is 0 Å². The summed E-state index contributed by atoms with van der Waals surface area (Å²) in [5, 5.41) is 0.826. The number of fused-ring (bicyclic) bond motifs is 1. The Morgan fingerprint density at radius 2 is 2.27 bits per heavy atom. The molecule has 2 rings (SSSR count). The van der Waals surface area contributed by atoms with Gasteiger partial charge in [0.2, 0.25) is 0 Å². The molecule has 0 aliphatic heterocycles. The normalized spacial score (nSPS) is 21.8. The van der Waals surface area contributed by atoms with Crippen molar-refractivity contribution in [3.63, 3.8) is 0 Å². The van der Waals surface area contributed by atoms with Gasteiger partial charge in [0.1, 0.15) is 0 Å². The minimum absolute atomic E-state index is 0.165. The fraction of sp³-hybridized carbons (Fsp3) is 0.333. The molecule has 0 saturated heterocycles. The van der Waals surface area contributed by atoms with Gasteiger partial charge in [-0.3, -0.25) is 0 Å². The zero-order chi connectivity index (χ0) is 7.84. The molecule has 0 spiro atoms. The van der Waals surface area contributed by atoms with Crippen molar-refractivity contribution in [1.82, 2.24) is 0 Å². The second-order valence-electron chi connectivity index (χ2n) is 2.96. The average molecular weight is 168 g/mol. The molecule has 1 aliphatic rings. The van der Waals surface area contributed by atoms with E-state index in [0.717, 1.165) is 23.4 Å². The predicted octanol–water partition coefficient (Wildman–Crippen LogP) is 2.29. The minimum atomic E-state index is 0.165. The van der Waals surface area contributed by atoms with E-state index in [-0.39, 0.29) is 6.04 Å². The molecule has 0 bridgehead atoms. The number of rotatable bonds is 0. The summed E-state index contributed by atoms with van der Waals surface area (Å²) < 4.78 is 0. The average Bonchev–Trinajstić information content (AvgIpc) is 2.34. The lowest BCUT2D eigenvalue weighted by atomic mass is 10.1. The summed E-state index contributed by atoms with van der Waals surface area (Å²) in [5.41, 5.74) is 8.35. The Morgan fingerprint density at radius 3 is 3.00 bits per heavy atom. The Balaban J connectivity index is 2.58. The summed E-state index contributed by atoms with van der Waals surface area (Å²) in [6.07, 6.45) is 2.12. The second kappa shape index (κ2) is 2.50. The van der Waals surface area contributed by atoms with Gasteiger partial charge in [-0.1, -0.05) is 23.7 Å². The van der Waals surface area contributed by atoms with Crippen molar-refractivity contribution in [3.8, 4) is 0 Å². The van der Waals surface area contributed by atoms with Crippen molar-refractivity contribution in [2.24, 2.45) is 5.73 Å². The highest BCUT2D eigenvalue weighted by atomic mass is 35.5. The molecule has 1 aromatic carbocycles. The van der Waals surface area contributed by atoms with Gasteiger partial charge in [-0.05, 0) is 30.0 Å². The van der Waals surface area contributed by atoms with Crippen LogP contribution in [0.4, 0.5) is 0 Å². The van der Waals surface area contributed by atoms with Crippen LogP contribution in [0.3, 0.4) is 0 Å². The summed E-state index contributed by atoms with van der Waals surface area (Å²) in [6, 6.07) is 6.16. The molecule has 11 heavy (non-hydrogen) atoms. The maximum atomic E-state index is 5.98. The summed E-state index contributed by atoms with van der Waals surface area (Å²) in [6.45, 7) is 0.